The minimum atomic E-state index is -0.0966. The highest BCUT2D eigenvalue weighted by atomic mass is 35.5. The number of ether oxygens (including phenoxy) is 1. The van der Waals surface area contributed by atoms with Crippen molar-refractivity contribution in [3.05, 3.63) is 22.8 Å². The van der Waals surface area contributed by atoms with Crippen LogP contribution in [0.15, 0.2) is 12.3 Å². The second kappa shape index (κ2) is 3.40. The number of nitrogens with zero attached hydrogens (tertiary/aromatic N) is 1. The fourth-order valence-corrected chi connectivity index (χ4v) is 1.07. The molecule has 12 heavy (non-hydrogen) atoms. The van der Waals surface area contributed by atoms with Crippen LogP contribution in [0, 0.1) is 5.41 Å². The van der Waals surface area contributed by atoms with Crippen molar-refractivity contribution in [1.82, 2.24) is 4.98 Å². The highest BCUT2D eigenvalue weighted by Gasteiger charge is 2.08. The van der Waals surface area contributed by atoms with Crippen LogP contribution >= 0.6 is 11.6 Å². The van der Waals surface area contributed by atoms with E-state index in [9.17, 15) is 0 Å². The quantitative estimate of drug-likeness (QED) is 0.534. The van der Waals surface area contributed by atoms with E-state index >= 15 is 0 Å². The van der Waals surface area contributed by atoms with Crippen LogP contribution in [-0.4, -0.2) is 17.9 Å². The van der Waals surface area contributed by atoms with Gasteiger partial charge in [0.25, 0.3) is 0 Å². The van der Waals surface area contributed by atoms with Crippen LogP contribution in [-0.2, 0) is 0 Å². The molecule has 64 valence electrons. The molecule has 0 fully saturated rings. The van der Waals surface area contributed by atoms with Crippen molar-refractivity contribution in [3.8, 4) is 5.88 Å². The first-order chi connectivity index (χ1) is 5.66. The molecular weight excluding hydrogens is 178 g/mol. The molecule has 0 amide bonds. The normalized spacial score (nSPS) is 9.50. The lowest BCUT2D eigenvalue weighted by atomic mass is 10.2. The van der Waals surface area contributed by atoms with Crippen molar-refractivity contribution in [2.24, 2.45) is 5.73 Å². The van der Waals surface area contributed by atoms with Crippen LogP contribution in [0.5, 0.6) is 5.88 Å². The van der Waals surface area contributed by atoms with Gasteiger partial charge in [0, 0.05) is 11.8 Å². The molecule has 1 aromatic rings. The van der Waals surface area contributed by atoms with Crippen molar-refractivity contribution in [2.75, 3.05) is 7.11 Å². The van der Waals surface area contributed by atoms with E-state index in [0.29, 0.717) is 5.56 Å². The van der Waals surface area contributed by atoms with Crippen molar-refractivity contribution < 1.29 is 4.74 Å². The lowest BCUT2D eigenvalue weighted by Gasteiger charge is -2.04. The van der Waals surface area contributed by atoms with E-state index in [1.54, 1.807) is 6.07 Å². The van der Waals surface area contributed by atoms with Gasteiger partial charge in [0.15, 0.2) is 0 Å². The van der Waals surface area contributed by atoms with Gasteiger partial charge in [-0.05, 0) is 6.07 Å². The first-order valence-electron chi connectivity index (χ1n) is 3.19. The molecule has 0 aromatic carbocycles. The molecule has 1 aromatic heterocycles. The molecule has 0 saturated heterocycles. The summed E-state index contributed by atoms with van der Waals surface area (Å²) < 4.78 is 4.84. The van der Waals surface area contributed by atoms with Gasteiger partial charge >= 0.3 is 0 Å². The maximum absolute atomic E-state index is 7.16. The Morgan fingerprint density at radius 2 is 2.42 bits per heavy atom. The summed E-state index contributed by atoms with van der Waals surface area (Å²) in [6, 6.07) is 1.56. The number of methoxy groups -OCH3 is 1. The monoisotopic (exact) mass is 185 g/mol. The van der Waals surface area contributed by atoms with E-state index in [0.717, 1.165) is 0 Å². The van der Waals surface area contributed by atoms with E-state index in [1.165, 1.54) is 13.3 Å². The second-order valence-corrected chi connectivity index (χ2v) is 2.47. The molecular formula is C7H8ClN3O. The molecule has 3 N–H and O–H groups in total. The zero-order valence-electron chi connectivity index (χ0n) is 6.47. The summed E-state index contributed by atoms with van der Waals surface area (Å²) in [5.74, 6) is 0.185. The minimum absolute atomic E-state index is 0.0966. The van der Waals surface area contributed by atoms with Crippen molar-refractivity contribution in [3.63, 3.8) is 0 Å². The molecule has 0 atom stereocenters. The molecule has 4 nitrogen and oxygen atoms in total. The van der Waals surface area contributed by atoms with E-state index in [2.05, 4.69) is 4.98 Å². The van der Waals surface area contributed by atoms with E-state index in [4.69, 9.17) is 27.5 Å². The fourth-order valence-electron chi connectivity index (χ4n) is 0.775. The lowest BCUT2D eigenvalue weighted by molar-refractivity contribution is 0.398. The van der Waals surface area contributed by atoms with E-state index in [1.807, 2.05) is 0 Å². The summed E-state index contributed by atoms with van der Waals surface area (Å²) >= 11 is 5.80. The first-order valence-corrected chi connectivity index (χ1v) is 3.57. The number of halogens is 1. The van der Waals surface area contributed by atoms with Crippen LogP contribution in [0.25, 0.3) is 0 Å². The number of pyridine rings is 1. The van der Waals surface area contributed by atoms with Gasteiger partial charge in [-0.1, -0.05) is 11.6 Å². The Bertz CT molecular complexity index is 314. The Morgan fingerprint density at radius 3 is 2.92 bits per heavy atom. The maximum Gasteiger partial charge on any atom is 0.233 e. The average Bonchev–Trinajstić information content (AvgIpc) is 2.04. The van der Waals surface area contributed by atoms with Gasteiger partial charge < -0.3 is 10.5 Å². The summed E-state index contributed by atoms with van der Waals surface area (Å²) in [5, 5.41) is 7.43. The molecule has 1 heterocycles. The molecule has 0 aliphatic carbocycles. The topological polar surface area (TPSA) is 72.0 Å². The summed E-state index contributed by atoms with van der Waals surface area (Å²) in [4.78, 5) is 3.83. The maximum atomic E-state index is 7.16. The molecule has 0 saturated carbocycles. The highest BCUT2D eigenvalue weighted by molar-refractivity contribution is 6.35. The van der Waals surface area contributed by atoms with Gasteiger partial charge in [0.2, 0.25) is 5.88 Å². The third-order valence-corrected chi connectivity index (χ3v) is 1.71. The summed E-state index contributed by atoms with van der Waals surface area (Å²) in [7, 11) is 1.46. The number of nitrogens with one attached hydrogen (secondary N) is 1. The largest absolute Gasteiger partial charge is 0.480 e. The van der Waals surface area contributed by atoms with Gasteiger partial charge in [-0.15, -0.1) is 0 Å². The third-order valence-electron chi connectivity index (χ3n) is 1.34. The summed E-state index contributed by atoms with van der Waals surface area (Å²) in [6.07, 6.45) is 1.49. The second-order valence-electron chi connectivity index (χ2n) is 2.10. The molecule has 0 unspecified atom stereocenters. The Balaban J connectivity index is 3.23. The first kappa shape index (κ1) is 8.80. The molecule has 0 aliphatic rings. The van der Waals surface area contributed by atoms with E-state index < -0.39 is 0 Å². The standard InChI is InChI=1S/C7H8ClN3O/c1-12-7-5(8)4(6(9)10)2-3-11-7/h2-3H,1H3,(H3,9,10). The van der Waals surface area contributed by atoms with Crippen LogP contribution in [0.3, 0.4) is 0 Å². The average molecular weight is 186 g/mol. The summed E-state index contributed by atoms with van der Waals surface area (Å²) in [5.41, 5.74) is 5.69. The highest BCUT2D eigenvalue weighted by Crippen LogP contribution is 2.24. The van der Waals surface area contributed by atoms with Gasteiger partial charge in [-0.2, -0.15) is 0 Å². The number of nitrogen functional groups attached to an aromatic ring is 1. The smallest absolute Gasteiger partial charge is 0.233 e. The summed E-state index contributed by atoms with van der Waals surface area (Å²) in [6.45, 7) is 0. The number of aromatic nitrogens is 1. The number of nitrogens with two attached hydrogens (primary N) is 1. The molecule has 0 radical (unpaired) electrons. The van der Waals surface area contributed by atoms with Crippen molar-refractivity contribution in [1.29, 1.82) is 5.41 Å². The molecule has 1 rings (SSSR count). The van der Waals surface area contributed by atoms with Gasteiger partial charge in [0.1, 0.15) is 10.9 Å². The number of amidine groups is 1. The Kier molecular flexibility index (Phi) is 2.50. The number of hydrogen-bond acceptors (Lipinski definition) is 3. The zero-order valence-corrected chi connectivity index (χ0v) is 7.22. The molecule has 0 bridgehead atoms. The minimum Gasteiger partial charge on any atom is -0.480 e. The number of hydrogen-bond donors (Lipinski definition) is 2. The van der Waals surface area contributed by atoms with Crippen molar-refractivity contribution in [2.45, 2.75) is 0 Å². The Labute approximate surface area is 74.8 Å². The van der Waals surface area contributed by atoms with Gasteiger partial charge in [-0.25, -0.2) is 4.98 Å². The predicted octanol–water partition coefficient (Wildman–Crippen LogP) is 1.03. The molecule has 0 aliphatic heterocycles. The lowest BCUT2D eigenvalue weighted by Crippen LogP contribution is -2.12. The zero-order chi connectivity index (χ0) is 9.14. The predicted molar refractivity (Wildman–Crippen MR) is 46.8 cm³/mol. The van der Waals surface area contributed by atoms with Crippen LogP contribution in [0.2, 0.25) is 5.02 Å². The van der Waals surface area contributed by atoms with Crippen LogP contribution in [0.4, 0.5) is 0 Å². The fraction of sp³-hybridized carbons (Fsp3) is 0.143. The van der Waals surface area contributed by atoms with E-state index in [-0.39, 0.29) is 16.7 Å². The number of rotatable bonds is 2. The van der Waals surface area contributed by atoms with Crippen LogP contribution in [0.1, 0.15) is 5.56 Å². The molecule has 0 spiro atoms. The van der Waals surface area contributed by atoms with Gasteiger partial charge in [-0.3, -0.25) is 5.41 Å². The Morgan fingerprint density at radius 1 is 1.75 bits per heavy atom. The Hall–Kier alpha value is -1.29. The SMILES string of the molecule is COc1nccc(C(=N)N)c1Cl. The van der Waals surface area contributed by atoms with Gasteiger partial charge in [0.05, 0.1) is 7.11 Å². The third kappa shape index (κ3) is 1.48. The molecule has 5 heteroatoms. The van der Waals surface area contributed by atoms with Crippen LogP contribution < -0.4 is 10.5 Å². The van der Waals surface area contributed by atoms with Crippen molar-refractivity contribution >= 4 is 17.4 Å².